The fourth-order valence-corrected chi connectivity index (χ4v) is 0.625. The molecule has 4 heteroatoms. The molecule has 0 aromatic carbocycles. The monoisotopic (exact) mass is 638 g/mol. The Hall–Kier alpha value is 0.877. The van der Waals surface area contributed by atoms with Gasteiger partial charge in [-0.15, -0.1) is 6.04 Å². The number of hydrogen-bond acceptors (Lipinski definition) is 2. The Kier molecular flexibility index (Phi) is 58.9. The Morgan fingerprint density at radius 2 is 1.33 bits per heavy atom. The van der Waals surface area contributed by atoms with Gasteiger partial charge in [-0.05, 0) is 33.5 Å². The molecule has 0 bridgehead atoms. The Balaban J connectivity index is -0.0000000400. The van der Waals surface area contributed by atoms with Gasteiger partial charge in [-0.2, -0.15) is 34.1 Å². The van der Waals surface area contributed by atoms with Crippen LogP contribution in [0.3, 0.4) is 0 Å². The molecule has 0 heterocycles. The smallest absolute Gasteiger partial charge is 0.000884 e. The van der Waals surface area contributed by atoms with Gasteiger partial charge in [0.1, 0.15) is 0 Å². The Labute approximate surface area is 165 Å². The minimum Gasteiger partial charge on any atom is -0.403 e. The molecule has 1 atom stereocenters. The third kappa shape index (κ3) is 62.9. The molecular weight excluding hydrogens is 600 g/mol. The van der Waals surface area contributed by atoms with Crippen LogP contribution in [-0.4, -0.2) is 24.0 Å². The summed E-state index contributed by atoms with van der Waals surface area (Å²) in [5, 5.41) is 0. The van der Waals surface area contributed by atoms with Gasteiger partial charge < -0.3 is 37.3 Å². The molecule has 0 saturated heterocycles. The van der Waals surface area contributed by atoms with Crippen molar-refractivity contribution in [3.05, 3.63) is 39.0 Å². The zero-order valence-electron chi connectivity index (χ0n) is 15.5. The number of allylic oxidation sites excluding steroid dienone is 1. The van der Waals surface area contributed by atoms with Crippen molar-refractivity contribution in [1.29, 1.82) is 0 Å². The summed E-state index contributed by atoms with van der Waals surface area (Å²) in [6.07, 6.45) is 4.88. The molecule has 1 unspecified atom stereocenters. The van der Waals surface area contributed by atoms with Gasteiger partial charge in [0.2, 0.25) is 0 Å². The van der Waals surface area contributed by atoms with Gasteiger partial charge in [-0.1, -0.05) is 6.58 Å². The van der Waals surface area contributed by atoms with E-state index in [1.807, 2.05) is 40.5 Å². The second-order valence-corrected chi connectivity index (χ2v) is 4.70. The predicted molar refractivity (Wildman–Crippen MR) is 92.3 cm³/mol. The van der Waals surface area contributed by atoms with E-state index in [4.69, 9.17) is 5.73 Å². The van der Waals surface area contributed by atoms with Crippen LogP contribution in [0.1, 0.15) is 54.9 Å². The van der Waals surface area contributed by atoms with Gasteiger partial charge in [0.05, 0.1) is 0 Å². The van der Waals surface area contributed by atoms with E-state index in [1.165, 1.54) is 0 Å². The molecule has 0 radical (unpaired) electrons. The van der Waals surface area contributed by atoms with Crippen LogP contribution in [0, 0.1) is 26.7 Å². The van der Waals surface area contributed by atoms with Crippen LogP contribution in [0.2, 0.25) is 0 Å². The quantitative estimate of drug-likeness (QED) is 0.456. The molecule has 2 N–H and O–H groups in total. The molecule has 21 heavy (non-hydrogen) atoms. The zero-order chi connectivity index (χ0) is 16.4. The van der Waals surface area contributed by atoms with Crippen molar-refractivity contribution in [2.75, 3.05) is 7.05 Å². The van der Waals surface area contributed by atoms with Crippen molar-refractivity contribution in [1.82, 2.24) is 4.90 Å². The van der Waals surface area contributed by atoms with E-state index in [0.29, 0.717) is 17.8 Å². The summed E-state index contributed by atoms with van der Waals surface area (Å²) in [7, 11) is 2.08. The van der Waals surface area contributed by atoms with Crippen LogP contribution in [0.15, 0.2) is 12.3 Å². The first-order valence-corrected chi connectivity index (χ1v) is 6.89. The van der Waals surface area contributed by atoms with Crippen LogP contribution >= 0.6 is 0 Å². The maximum absolute atomic E-state index is 4.92. The van der Waals surface area contributed by atoms with Crippen molar-refractivity contribution in [2.24, 2.45) is 5.73 Å². The minimum absolute atomic E-state index is 0. The third-order valence-corrected chi connectivity index (χ3v) is 1.72. The normalized spacial score (nSPS) is 9.33. The first-order valence-electron chi connectivity index (χ1n) is 6.89. The molecule has 0 saturated carbocycles. The van der Waals surface area contributed by atoms with Crippen molar-refractivity contribution >= 4 is 0 Å². The molecule has 2 nitrogen and oxygen atoms in total. The fraction of sp³-hybridized carbons (Fsp3) is 0.647. The van der Waals surface area contributed by atoms with E-state index in [9.17, 15) is 0 Å². The maximum Gasteiger partial charge on any atom is 0.000884 e. The molecule has 0 spiro atoms. The van der Waals surface area contributed by atoms with Gasteiger partial charge >= 0.3 is 0 Å². The number of hydrogen-bond donors (Lipinski definition) is 1. The van der Waals surface area contributed by atoms with Crippen molar-refractivity contribution < 1.29 is 42.1 Å². The van der Waals surface area contributed by atoms with Gasteiger partial charge in [-0.25, -0.2) is 0 Å². The summed E-state index contributed by atoms with van der Waals surface area (Å²) < 4.78 is 0. The summed E-state index contributed by atoms with van der Waals surface area (Å²) in [5.41, 5.74) is 5.58. The van der Waals surface area contributed by atoms with E-state index in [-0.39, 0.29) is 42.1 Å². The summed E-state index contributed by atoms with van der Waals surface area (Å²) in [6.45, 7) is 25.1. The standard InChI is InChI=1S/C8H17N.C3H7N.2C3H7.2W/c1-6-8(4)9(5)7(2)3;1-3(2)4;2*1-3-2;;/h7-8H,1,4,6H2,2-3,5H3;1,4H2,2H3;2*3H,1-2H3;;/q-2;;2*-1;;. The molecule has 0 aromatic heterocycles. The molecule has 0 aliphatic carbocycles. The number of nitrogens with two attached hydrogens (primary N) is 1. The van der Waals surface area contributed by atoms with Crippen molar-refractivity contribution in [3.63, 3.8) is 0 Å². The first kappa shape index (κ1) is 37.8. The molecule has 0 aliphatic heterocycles. The molecule has 0 aliphatic rings. The van der Waals surface area contributed by atoms with Gasteiger partial charge in [0, 0.05) is 48.2 Å². The fourth-order valence-electron chi connectivity index (χ4n) is 0.625. The van der Waals surface area contributed by atoms with Crippen LogP contribution in [0.4, 0.5) is 0 Å². The average molecular weight is 638 g/mol. The SMILES string of the molecule is C=C(C)N.C[CH-]C.C[CH-]C.[CH2-]CC([CH2-])N(C)C(C)C.[W].[W]. The zero-order valence-corrected chi connectivity index (χ0v) is 21.3. The van der Waals surface area contributed by atoms with E-state index in [1.54, 1.807) is 6.92 Å². The van der Waals surface area contributed by atoms with Crippen LogP contribution in [0.25, 0.3) is 0 Å². The molecule has 0 rings (SSSR count). The summed E-state index contributed by atoms with van der Waals surface area (Å²) in [6, 6.07) is 0.944. The number of nitrogens with zero attached hydrogens (tertiary/aromatic N) is 1. The molecule has 0 fully saturated rings. The van der Waals surface area contributed by atoms with Crippen LogP contribution in [0.5, 0.6) is 0 Å². The Morgan fingerprint density at radius 1 is 1.14 bits per heavy atom. The Bertz CT molecular complexity index is 157. The third-order valence-electron chi connectivity index (χ3n) is 1.72. The topological polar surface area (TPSA) is 29.3 Å². The van der Waals surface area contributed by atoms with E-state index in [2.05, 4.69) is 46.2 Å². The van der Waals surface area contributed by atoms with Crippen molar-refractivity contribution in [3.8, 4) is 0 Å². The second-order valence-electron chi connectivity index (χ2n) is 4.70. The second kappa shape index (κ2) is 32.7. The summed E-state index contributed by atoms with van der Waals surface area (Å²) in [4.78, 5) is 2.22. The van der Waals surface area contributed by atoms with Crippen molar-refractivity contribution in [2.45, 2.75) is 67.0 Å². The van der Waals surface area contributed by atoms with Crippen LogP contribution in [-0.2, 0) is 42.1 Å². The predicted octanol–water partition coefficient (Wildman–Crippen LogP) is 4.69. The summed E-state index contributed by atoms with van der Waals surface area (Å²) in [5.74, 6) is 0. The molecule has 0 aromatic rings. The van der Waals surface area contributed by atoms with Gasteiger partial charge in [0.15, 0.2) is 0 Å². The minimum atomic E-state index is 0. The van der Waals surface area contributed by atoms with E-state index >= 15 is 0 Å². The summed E-state index contributed by atoms with van der Waals surface area (Å²) >= 11 is 0. The number of rotatable bonds is 3. The largest absolute Gasteiger partial charge is 0.403 e. The average Bonchev–Trinajstić information content (AvgIpc) is 2.28. The van der Waals surface area contributed by atoms with Crippen LogP contribution < -0.4 is 5.73 Å². The molecule has 132 valence electrons. The van der Waals surface area contributed by atoms with Gasteiger partial charge in [0.25, 0.3) is 0 Å². The maximum atomic E-state index is 4.92. The molecule has 0 amide bonds. The van der Waals surface area contributed by atoms with E-state index in [0.717, 1.165) is 6.42 Å². The molecular formula is C17H38N2W2-4. The first-order chi connectivity index (χ1) is 8.65. The Morgan fingerprint density at radius 3 is 1.38 bits per heavy atom. The van der Waals surface area contributed by atoms with E-state index < -0.39 is 0 Å². The van der Waals surface area contributed by atoms with Gasteiger partial charge in [-0.3, -0.25) is 0 Å².